The first-order chi connectivity index (χ1) is 7.78. The van der Waals surface area contributed by atoms with Crippen LogP contribution in [0.4, 0.5) is 0 Å². The molecule has 0 aliphatic carbocycles. The van der Waals surface area contributed by atoms with Gasteiger partial charge in [-0.05, 0) is 33.6 Å². The largest absolute Gasteiger partial charge is 0.431 e. The van der Waals surface area contributed by atoms with Crippen molar-refractivity contribution in [2.24, 2.45) is 0 Å². The van der Waals surface area contributed by atoms with Crippen molar-refractivity contribution < 1.29 is 9.47 Å². The molecule has 3 nitrogen and oxygen atoms in total. The second-order valence-electron chi connectivity index (χ2n) is 3.12. The zero-order chi connectivity index (χ0) is 11.4. The Hall–Kier alpha value is -0.910. The molecule has 84 valence electrons. The Morgan fingerprint density at radius 1 is 1.44 bits per heavy atom. The number of aromatic nitrogens is 1. The van der Waals surface area contributed by atoms with Crippen LogP contribution in [0.5, 0.6) is 10.9 Å². The van der Waals surface area contributed by atoms with Crippen molar-refractivity contribution in [3.63, 3.8) is 0 Å². The SMILES string of the molecule is COCc1cccc(Oc2nc(Br)cs2)c1. The summed E-state index contributed by atoms with van der Waals surface area (Å²) in [6, 6.07) is 7.77. The highest BCUT2D eigenvalue weighted by Gasteiger charge is 2.03. The molecule has 0 aliphatic rings. The number of ether oxygens (including phenoxy) is 2. The Bertz CT molecular complexity index is 473. The van der Waals surface area contributed by atoms with Crippen LogP contribution in [0.3, 0.4) is 0 Å². The maximum Gasteiger partial charge on any atom is 0.279 e. The number of thiazole rings is 1. The van der Waals surface area contributed by atoms with E-state index in [4.69, 9.17) is 9.47 Å². The van der Waals surface area contributed by atoms with Crippen molar-refractivity contribution in [2.75, 3.05) is 7.11 Å². The van der Waals surface area contributed by atoms with Crippen molar-refractivity contribution in [3.8, 4) is 10.9 Å². The van der Waals surface area contributed by atoms with Crippen molar-refractivity contribution in [1.82, 2.24) is 4.98 Å². The van der Waals surface area contributed by atoms with Gasteiger partial charge in [0.25, 0.3) is 5.19 Å². The first-order valence-electron chi connectivity index (χ1n) is 4.64. The smallest absolute Gasteiger partial charge is 0.279 e. The Kier molecular flexibility index (Phi) is 3.93. The lowest BCUT2D eigenvalue weighted by molar-refractivity contribution is 0.184. The molecule has 5 heteroatoms. The van der Waals surface area contributed by atoms with Crippen molar-refractivity contribution in [2.45, 2.75) is 6.61 Å². The molecule has 2 rings (SSSR count). The van der Waals surface area contributed by atoms with E-state index in [2.05, 4.69) is 20.9 Å². The van der Waals surface area contributed by atoms with Crippen LogP contribution < -0.4 is 4.74 Å². The van der Waals surface area contributed by atoms with E-state index in [1.807, 2.05) is 29.6 Å². The molecule has 0 aliphatic heterocycles. The van der Waals surface area contributed by atoms with E-state index in [-0.39, 0.29) is 0 Å². The molecule has 0 unspecified atom stereocenters. The summed E-state index contributed by atoms with van der Waals surface area (Å²) in [7, 11) is 1.67. The highest BCUT2D eigenvalue weighted by atomic mass is 79.9. The Labute approximate surface area is 106 Å². The molecule has 1 aromatic heterocycles. The fourth-order valence-corrected chi connectivity index (χ4v) is 2.36. The third kappa shape index (κ3) is 3.04. The van der Waals surface area contributed by atoms with Gasteiger partial charge < -0.3 is 9.47 Å². The quantitative estimate of drug-likeness (QED) is 0.859. The van der Waals surface area contributed by atoms with E-state index in [1.165, 1.54) is 11.3 Å². The highest BCUT2D eigenvalue weighted by molar-refractivity contribution is 9.10. The van der Waals surface area contributed by atoms with Crippen LogP contribution >= 0.6 is 27.3 Å². The van der Waals surface area contributed by atoms with E-state index in [0.717, 1.165) is 15.9 Å². The Morgan fingerprint density at radius 3 is 3.00 bits per heavy atom. The van der Waals surface area contributed by atoms with E-state index >= 15 is 0 Å². The maximum atomic E-state index is 5.61. The molecule has 1 aromatic carbocycles. The van der Waals surface area contributed by atoms with E-state index in [9.17, 15) is 0 Å². The number of methoxy groups -OCH3 is 1. The summed E-state index contributed by atoms with van der Waals surface area (Å²) in [6.07, 6.45) is 0. The molecule has 0 saturated carbocycles. The fourth-order valence-electron chi connectivity index (χ4n) is 1.25. The van der Waals surface area contributed by atoms with Gasteiger partial charge in [0.1, 0.15) is 10.4 Å². The van der Waals surface area contributed by atoms with Crippen LogP contribution in [0, 0.1) is 0 Å². The van der Waals surface area contributed by atoms with E-state index in [1.54, 1.807) is 7.11 Å². The predicted molar refractivity (Wildman–Crippen MR) is 67.0 cm³/mol. The molecule has 2 aromatic rings. The standard InChI is InChI=1S/C11H10BrNO2S/c1-14-6-8-3-2-4-9(5-8)15-11-13-10(12)7-16-11/h2-5,7H,6H2,1H3. The van der Waals surface area contributed by atoms with Gasteiger partial charge in [0.15, 0.2) is 0 Å². The second kappa shape index (κ2) is 5.43. The minimum absolute atomic E-state index is 0.582. The molecule has 0 radical (unpaired) electrons. The topological polar surface area (TPSA) is 31.4 Å². The summed E-state index contributed by atoms with van der Waals surface area (Å²) in [5.74, 6) is 0.774. The van der Waals surface area contributed by atoms with Gasteiger partial charge in [-0.2, -0.15) is 4.98 Å². The summed E-state index contributed by atoms with van der Waals surface area (Å²) in [6.45, 7) is 0.582. The summed E-state index contributed by atoms with van der Waals surface area (Å²) in [5, 5.41) is 2.51. The highest BCUT2D eigenvalue weighted by Crippen LogP contribution is 2.27. The van der Waals surface area contributed by atoms with Gasteiger partial charge in [0.2, 0.25) is 0 Å². The van der Waals surface area contributed by atoms with Gasteiger partial charge in [-0.1, -0.05) is 23.5 Å². The van der Waals surface area contributed by atoms with E-state index in [0.29, 0.717) is 11.8 Å². The molecule has 0 amide bonds. The zero-order valence-corrected chi connectivity index (χ0v) is 11.0. The monoisotopic (exact) mass is 299 g/mol. The van der Waals surface area contributed by atoms with E-state index < -0.39 is 0 Å². The minimum atomic E-state index is 0.582. The van der Waals surface area contributed by atoms with Crippen LogP contribution in [0.1, 0.15) is 5.56 Å². The second-order valence-corrected chi connectivity index (χ2v) is 4.75. The number of halogens is 1. The van der Waals surface area contributed by atoms with Gasteiger partial charge in [0, 0.05) is 12.5 Å². The molecule has 1 heterocycles. The lowest BCUT2D eigenvalue weighted by Crippen LogP contribution is -1.89. The number of hydrogen-bond acceptors (Lipinski definition) is 4. The molecule has 0 bridgehead atoms. The maximum absolute atomic E-state index is 5.61. The first kappa shape index (κ1) is 11.6. The summed E-state index contributed by atoms with van der Waals surface area (Å²) < 4.78 is 11.5. The van der Waals surface area contributed by atoms with Gasteiger partial charge in [-0.3, -0.25) is 0 Å². The van der Waals surface area contributed by atoms with Gasteiger partial charge in [-0.25, -0.2) is 0 Å². The molecule has 0 fully saturated rings. The zero-order valence-electron chi connectivity index (χ0n) is 8.64. The number of nitrogens with zero attached hydrogens (tertiary/aromatic N) is 1. The van der Waals surface area contributed by atoms with Gasteiger partial charge >= 0.3 is 0 Å². The Morgan fingerprint density at radius 2 is 2.31 bits per heavy atom. The average Bonchev–Trinajstić information content (AvgIpc) is 2.65. The van der Waals surface area contributed by atoms with Crippen LogP contribution in [0.2, 0.25) is 0 Å². The molecule has 0 spiro atoms. The summed E-state index contributed by atoms with van der Waals surface area (Å²) >= 11 is 4.74. The van der Waals surface area contributed by atoms with Crippen molar-refractivity contribution in [3.05, 3.63) is 39.8 Å². The molecule has 16 heavy (non-hydrogen) atoms. The Balaban J connectivity index is 2.12. The third-order valence-corrected chi connectivity index (χ3v) is 3.30. The number of hydrogen-bond donors (Lipinski definition) is 0. The molecule has 0 atom stereocenters. The predicted octanol–water partition coefficient (Wildman–Crippen LogP) is 3.84. The molecule has 0 N–H and O–H groups in total. The number of benzene rings is 1. The lowest BCUT2D eigenvalue weighted by Gasteiger charge is -2.04. The van der Waals surface area contributed by atoms with Gasteiger partial charge in [-0.15, -0.1) is 0 Å². The third-order valence-electron chi connectivity index (χ3n) is 1.87. The lowest BCUT2D eigenvalue weighted by atomic mass is 10.2. The van der Waals surface area contributed by atoms with Crippen LogP contribution in [0.25, 0.3) is 0 Å². The summed E-state index contributed by atoms with van der Waals surface area (Å²) in [4.78, 5) is 4.16. The normalized spacial score (nSPS) is 10.4. The van der Waals surface area contributed by atoms with Crippen molar-refractivity contribution in [1.29, 1.82) is 0 Å². The first-order valence-corrected chi connectivity index (χ1v) is 6.32. The number of rotatable bonds is 4. The summed E-state index contributed by atoms with van der Waals surface area (Å²) in [5.41, 5.74) is 1.08. The minimum Gasteiger partial charge on any atom is -0.431 e. The van der Waals surface area contributed by atoms with Crippen LogP contribution in [-0.2, 0) is 11.3 Å². The average molecular weight is 300 g/mol. The van der Waals surface area contributed by atoms with Crippen LogP contribution in [0.15, 0.2) is 34.2 Å². The molecular formula is C11H10BrNO2S. The van der Waals surface area contributed by atoms with Crippen molar-refractivity contribution >= 4 is 27.3 Å². The van der Waals surface area contributed by atoms with Gasteiger partial charge in [0.05, 0.1) is 6.61 Å². The molecule has 0 saturated heterocycles. The van der Waals surface area contributed by atoms with Crippen LogP contribution in [-0.4, -0.2) is 12.1 Å². The molecular weight excluding hydrogens is 290 g/mol. The fraction of sp³-hybridized carbons (Fsp3) is 0.182.